The quantitative estimate of drug-likeness (QED) is 0.610. The number of rotatable bonds is 5. The molecule has 0 unspecified atom stereocenters. The van der Waals surface area contributed by atoms with Crippen LogP contribution in [-0.2, 0) is 11.4 Å². The van der Waals surface area contributed by atoms with Gasteiger partial charge in [0.15, 0.2) is 0 Å². The minimum atomic E-state index is 0.425. The Morgan fingerprint density at radius 2 is 1.95 bits per heavy atom. The van der Waals surface area contributed by atoms with Crippen LogP contribution in [0.2, 0.25) is 0 Å². The molecule has 0 atom stereocenters. The molecule has 19 heavy (non-hydrogen) atoms. The molecule has 1 aromatic heterocycles. The van der Waals surface area contributed by atoms with Crippen molar-refractivity contribution >= 4 is 5.71 Å². The van der Waals surface area contributed by atoms with Crippen LogP contribution >= 0.6 is 0 Å². The number of aromatic nitrogens is 1. The van der Waals surface area contributed by atoms with Gasteiger partial charge in [0.05, 0.1) is 12.8 Å². The van der Waals surface area contributed by atoms with Crippen LogP contribution in [0.1, 0.15) is 18.2 Å². The molecular formula is C15H16N2O2. The first-order valence-electron chi connectivity index (χ1n) is 6.00. The van der Waals surface area contributed by atoms with E-state index < -0.39 is 0 Å². The van der Waals surface area contributed by atoms with Gasteiger partial charge in [-0.2, -0.15) is 0 Å². The molecule has 2 rings (SSSR count). The predicted octanol–water partition coefficient (Wildman–Crippen LogP) is 3.03. The van der Waals surface area contributed by atoms with Crippen LogP contribution in [0.15, 0.2) is 53.8 Å². The number of hydrogen-bond acceptors (Lipinski definition) is 4. The number of hydrogen-bond donors (Lipinski definition) is 0. The van der Waals surface area contributed by atoms with Gasteiger partial charge in [0.2, 0.25) is 0 Å². The lowest BCUT2D eigenvalue weighted by Crippen LogP contribution is -1.99. The van der Waals surface area contributed by atoms with Crippen molar-refractivity contribution in [2.75, 3.05) is 7.11 Å². The van der Waals surface area contributed by atoms with Gasteiger partial charge in [-0.15, -0.1) is 0 Å². The fourth-order valence-corrected chi connectivity index (χ4v) is 1.55. The van der Waals surface area contributed by atoms with E-state index in [1.807, 2.05) is 49.4 Å². The molecule has 4 nitrogen and oxygen atoms in total. The van der Waals surface area contributed by atoms with E-state index in [9.17, 15) is 0 Å². The van der Waals surface area contributed by atoms with Crippen molar-refractivity contribution in [3.8, 4) is 5.75 Å². The number of ether oxygens (including phenoxy) is 1. The maximum atomic E-state index is 5.32. The first-order chi connectivity index (χ1) is 9.29. The molecule has 0 amide bonds. The molecule has 0 aliphatic heterocycles. The molecule has 98 valence electrons. The second-order valence-electron chi connectivity index (χ2n) is 4.01. The summed E-state index contributed by atoms with van der Waals surface area (Å²) >= 11 is 0. The van der Waals surface area contributed by atoms with E-state index in [-0.39, 0.29) is 0 Å². The lowest BCUT2D eigenvalue weighted by Gasteiger charge is -2.03. The van der Waals surface area contributed by atoms with Crippen molar-refractivity contribution in [2.45, 2.75) is 13.5 Å². The molecular weight excluding hydrogens is 240 g/mol. The Hall–Kier alpha value is -2.36. The number of nitrogens with zero attached hydrogens (tertiary/aromatic N) is 2. The largest absolute Gasteiger partial charge is 0.497 e. The number of benzene rings is 1. The lowest BCUT2D eigenvalue weighted by atomic mass is 10.2. The number of pyridine rings is 1. The van der Waals surface area contributed by atoms with Crippen molar-refractivity contribution < 1.29 is 9.57 Å². The summed E-state index contributed by atoms with van der Waals surface area (Å²) in [5.41, 5.74) is 2.62. The highest BCUT2D eigenvalue weighted by Gasteiger charge is 1.98. The molecule has 0 fully saturated rings. The third kappa shape index (κ3) is 3.81. The summed E-state index contributed by atoms with van der Waals surface area (Å²) in [7, 11) is 1.64. The van der Waals surface area contributed by atoms with E-state index in [1.165, 1.54) is 0 Å². The molecule has 0 aliphatic rings. The zero-order chi connectivity index (χ0) is 13.5. The van der Waals surface area contributed by atoms with Crippen molar-refractivity contribution in [2.24, 2.45) is 5.16 Å². The summed E-state index contributed by atoms with van der Waals surface area (Å²) in [6.07, 6.45) is 1.73. The smallest absolute Gasteiger partial charge is 0.142 e. The lowest BCUT2D eigenvalue weighted by molar-refractivity contribution is 0.130. The van der Waals surface area contributed by atoms with Crippen molar-refractivity contribution in [3.05, 3.63) is 59.9 Å². The van der Waals surface area contributed by atoms with E-state index >= 15 is 0 Å². The molecule has 2 aromatic rings. The SMILES string of the molecule is COc1ccc(CON=C(C)c2ccccn2)cc1. The number of methoxy groups -OCH3 is 1. The van der Waals surface area contributed by atoms with Gasteiger partial charge < -0.3 is 9.57 Å². The molecule has 0 bridgehead atoms. The average Bonchev–Trinajstić information content (AvgIpc) is 2.49. The summed E-state index contributed by atoms with van der Waals surface area (Å²) in [6.45, 7) is 2.30. The van der Waals surface area contributed by atoms with Gasteiger partial charge in [0, 0.05) is 6.20 Å². The Bertz CT molecular complexity index is 536. The summed E-state index contributed by atoms with van der Waals surface area (Å²) < 4.78 is 5.09. The highest BCUT2D eigenvalue weighted by Crippen LogP contribution is 2.12. The Kier molecular flexibility index (Phi) is 4.50. The third-order valence-corrected chi connectivity index (χ3v) is 2.63. The predicted molar refractivity (Wildman–Crippen MR) is 74.2 cm³/mol. The van der Waals surface area contributed by atoms with E-state index in [2.05, 4.69) is 10.1 Å². The van der Waals surface area contributed by atoms with E-state index in [0.717, 1.165) is 22.7 Å². The molecule has 0 N–H and O–H groups in total. The molecule has 0 spiro atoms. The fraction of sp³-hybridized carbons (Fsp3) is 0.200. The van der Waals surface area contributed by atoms with E-state index in [0.29, 0.717) is 6.61 Å². The summed E-state index contributed by atoms with van der Waals surface area (Å²) in [5.74, 6) is 0.830. The molecule has 1 heterocycles. The van der Waals surface area contributed by atoms with E-state index in [1.54, 1.807) is 13.3 Å². The highest BCUT2D eigenvalue weighted by molar-refractivity contribution is 5.96. The van der Waals surface area contributed by atoms with Crippen molar-refractivity contribution in [1.82, 2.24) is 4.98 Å². The van der Waals surface area contributed by atoms with Crippen molar-refractivity contribution in [3.63, 3.8) is 0 Å². The number of oxime groups is 1. The van der Waals surface area contributed by atoms with Gasteiger partial charge >= 0.3 is 0 Å². The van der Waals surface area contributed by atoms with Crippen molar-refractivity contribution in [1.29, 1.82) is 0 Å². The molecule has 0 radical (unpaired) electrons. The van der Waals surface area contributed by atoms with Gasteiger partial charge in [0.25, 0.3) is 0 Å². The Morgan fingerprint density at radius 1 is 1.16 bits per heavy atom. The minimum Gasteiger partial charge on any atom is -0.497 e. The fourth-order valence-electron chi connectivity index (χ4n) is 1.55. The highest BCUT2D eigenvalue weighted by atomic mass is 16.6. The second kappa shape index (κ2) is 6.54. The second-order valence-corrected chi connectivity index (χ2v) is 4.01. The minimum absolute atomic E-state index is 0.425. The third-order valence-electron chi connectivity index (χ3n) is 2.63. The first kappa shape index (κ1) is 13.1. The van der Waals surface area contributed by atoms with Gasteiger partial charge in [0.1, 0.15) is 18.1 Å². The zero-order valence-electron chi connectivity index (χ0n) is 11.0. The average molecular weight is 256 g/mol. The standard InChI is InChI=1S/C15H16N2O2/c1-12(15-5-3-4-10-16-15)17-19-11-13-6-8-14(18-2)9-7-13/h3-10H,11H2,1-2H3. The summed E-state index contributed by atoms with van der Waals surface area (Å²) in [6, 6.07) is 13.4. The monoisotopic (exact) mass is 256 g/mol. The Labute approximate surface area is 112 Å². The molecule has 0 saturated carbocycles. The maximum Gasteiger partial charge on any atom is 0.142 e. The van der Waals surface area contributed by atoms with E-state index in [4.69, 9.17) is 9.57 Å². The van der Waals surface area contributed by atoms with Crippen LogP contribution in [0.25, 0.3) is 0 Å². The molecule has 4 heteroatoms. The van der Waals surface area contributed by atoms with Crippen LogP contribution in [0.4, 0.5) is 0 Å². The molecule has 0 saturated heterocycles. The Balaban J connectivity index is 1.92. The maximum absolute atomic E-state index is 5.32. The Morgan fingerprint density at radius 3 is 2.58 bits per heavy atom. The van der Waals surface area contributed by atoms with Gasteiger partial charge in [-0.25, -0.2) is 0 Å². The van der Waals surface area contributed by atoms with Crippen LogP contribution in [-0.4, -0.2) is 17.8 Å². The van der Waals surface area contributed by atoms with Gasteiger partial charge in [-0.05, 0) is 36.8 Å². The normalized spacial score (nSPS) is 11.2. The summed E-state index contributed by atoms with van der Waals surface area (Å²) in [4.78, 5) is 9.52. The van der Waals surface area contributed by atoms with Gasteiger partial charge in [-0.1, -0.05) is 23.4 Å². The van der Waals surface area contributed by atoms with Crippen LogP contribution in [0.5, 0.6) is 5.75 Å². The van der Waals surface area contributed by atoms with Crippen LogP contribution < -0.4 is 4.74 Å². The van der Waals surface area contributed by atoms with Crippen LogP contribution in [0.3, 0.4) is 0 Å². The molecule has 1 aromatic carbocycles. The first-order valence-corrected chi connectivity index (χ1v) is 6.00. The molecule has 0 aliphatic carbocycles. The van der Waals surface area contributed by atoms with Gasteiger partial charge in [-0.3, -0.25) is 4.98 Å². The topological polar surface area (TPSA) is 43.7 Å². The zero-order valence-corrected chi connectivity index (χ0v) is 11.0. The summed E-state index contributed by atoms with van der Waals surface area (Å²) in [5, 5.41) is 4.06. The van der Waals surface area contributed by atoms with Crippen LogP contribution in [0, 0.1) is 0 Å².